The Kier molecular flexibility index (Phi) is 4.32. The van der Waals surface area contributed by atoms with Gasteiger partial charge in [0.15, 0.2) is 0 Å². The standard InChI is InChI=1S/C24H20N4O2/c1-2-23(29)26-18-4-3-5-20(14-18)28-21-12-13-25-15-22(21)27(24(28)30)19-10-8-17(9-11-19)16-6-7-16/h2-5,8-16H,1,6-7H2,(H,26,29). The third kappa shape index (κ3) is 3.12. The van der Waals surface area contributed by atoms with Crippen LogP contribution in [0.4, 0.5) is 5.69 Å². The van der Waals surface area contributed by atoms with Gasteiger partial charge >= 0.3 is 5.69 Å². The van der Waals surface area contributed by atoms with Crippen molar-refractivity contribution in [3.05, 3.63) is 95.7 Å². The number of amides is 1. The number of fused-ring (bicyclic) bond motifs is 1. The Morgan fingerprint density at radius 3 is 2.53 bits per heavy atom. The first-order valence-electron chi connectivity index (χ1n) is 9.87. The molecule has 0 radical (unpaired) electrons. The van der Waals surface area contributed by atoms with Crippen LogP contribution in [0.5, 0.6) is 0 Å². The molecule has 5 rings (SSSR count). The van der Waals surface area contributed by atoms with E-state index < -0.39 is 0 Å². The highest BCUT2D eigenvalue weighted by atomic mass is 16.2. The minimum atomic E-state index is -0.304. The van der Waals surface area contributed by atoms with Crippen molar-refractivity contribution in [2.24, 2.45) is 0 Å². The summed E-state index contributed by atoms with van der Waals surface area (Å²) in [6.45, 7) is 3.47. The minimum Gasteiger partial charge on any atom is -0.322 e. The second-order valence-electron chi connectivity index (χ2n) is 7.43. The molecule has 0 atom stereocenters. The van der Waals surface area contributed by atoms with Crippen molar-refractivity contribution in [1.29, 1.82) is 0 Å². The van der Waals surface area contributed by atoms with E-state index in [0.717, 1.165) is 16.7 Å². The number of nitrogens with one attached hydrogen (secondary N) is 1. The minimum absolute atomic E-state index is 0.190. The number of carbonyl (C=O) groups is 1. The zero-order valence-corrected chi connectivity index (χ0v) is 16.3. The number of hydrogen-bond donors (Lipinski definition) is 1. The number of rotatable bonds is 5. The molecule has 2 aromatic heterocycles. The van der Waals surface area contributed by atoms with E-state index in [-0.39, 0.29) is 11.6 Å². The Bertz CT molecular complexity index is 1330. The summed E-state index contributed by atoms with van der Waals surface area (Å²) in [6.07, 6.45) is 7.05. The molecule has 2 aromatic carbocycles. The predicted octanol–water partition coefficient (Wildman–Crippen LogP) is 4.18. The van der Waals surface area contributed by atoms with Crippen molar-refractivity contribution < 1.29 is 4.79 Å². The smallest absolute Gasteiger partial charge is 0.322 e. The number of carbonyl (C=O) groups excluding carboxylic acids is 1. The van der Waals surface area contributed by atoms with Crippen LogP contribution in [-0.4, -0.2) is 20.0 Å². The maximum atomic E-state index is 13.5. The Labute approximate surface area is 173 Å². The Balaban J connectivity index is 1.66. The van der Waals surface area contributed by atoms with Crippen molar-refractivity contribution in [1.82, 2.24) is 14.1 Å². The summed E-state index contributed by atoms with van der Waals surface area (Å²) in [5.74, 6) is 0.356. The highest BCUT2D eigenvalue weighted by Gasteiger charge is 2.23. The Hall–Kier alpha value is -3.93. The van der Waals surface area contributed by atoms with Crippen LogP contribution in [0, 0.1) is 0 Å². The molecule has 1 aliphatic carbocycles. The van der Waals surface area contributed by atoms with E-state index in [4.69, 9.17) is 0 Å². The van der Waals surface area contributed by atoms with E-state index in [1.54, 1.807) is 39.7 Å². The van der Waals surface area contributed by atoms with Gasteiger partial charge in [0.1, 0.15) is 0 Å². The fourth-order valence-electron chi connectivity index (χ4n) is 3.77. The van der Waals surface area contributed by atoms with Crippen molar-refractivity contribution in [2.75, 3.05) is 5.32 Å². The molecule has 148 valence electrons. The molecule has 30 heavy (non-hydrogen) atoms. The van der Waals surface area contributed by atoms with E-state index in [9.17, 15) is 9.59 Å². The molecule has 1 amide bonds. The summed E-state index contributed by atoms with van der Waals surface area (Å²) in [7, 11) is 0. The number of aromatic nitrogens is 3. The Morgan fingerprint density at radius 1 is 1.03 bits per heavy atom. The van der Waals surface area contributed by atoms with Gasteiger partial charge in [0.05, 0.1) is 28.6 Å². The van der Waals surface area contributed by atoms with E-state index >= 15 is 0 Å². The topological polar surface area (TPSA) is 68.9 Å². The van der Waals surface area contributed by atoms with E-state index in [2.05, 4.69) is 29.0 Å². The number of hydrogen-bond acceptors (Lipinski definition) is 3. The first-order chi connectivity index (χ1) is 14.7. The molecule has 0 saturated heterocycles. The number of anilines is 1. The monoisotopic (exact) mass is 396 g/mol. The summed E-state index contributed by atoms with van der Waals surface area (Å²) < 4.78 is 3.31. The summed E-state index contributed by atoms with van der Waals surface area (Å²) in [6, 6.07) is 17.2. The third-order valence-electron chi connectivity index (χ3n) is 5.40. The summed E-state index contributed by atoms with van der Waals surface area (Å²) in [5, 5.41) is 2.74. The van der Waals surface area contributed by atoms with Crippen LogP contribution in [0.3, 0.4) is 0 Å². The van der Waals surface area contributed by atoms with Gasteiger partial charge in [-0.15, -0.1) is 0 Å². The zero-order chi connectivity index (χ0) is 20.7. The first kappa shape index (κ1) is 18.1. The van der Waals surface area contributed by atoms with Crippen molar-refractivity contribution in [3.63, 3.8) is 0 Å². The maximum Gasteiger partial charge on any atom is 0.338 e. The lowest BCUT2D eigenvalue weighted by atomic mass is 10.1. The lowest BCUT2D eigenvalue weighted by Gasteiger charge is -2.07. The van der Waals surface area contributed by atoms with E-state index in [1.165, 1.54) is 24.5 Å². The molecule has 1 N–H and O–H groups in total. The maximum absolute atomic E-state index is 13.5. The van der Waals surface area contributed by atoms with Crippen LogP contribution in [0.25, 0.3) is 22.4 Å². The van der Waals surface area contributed by atoms with Gasteiger partial charge in [0.2, 0.25) is 5.91 Å². The molecule has 4 aromatic rings. The molecule has 6 heteroatoms. The van der Waals surface area contributed by atoms with Gasteiger partial charge in [-0.1, -0.05) is 24.8 Å². The van der Waals surface area contributed by atoms with Crippen LogP contribution in [0.2, 0.25) is 0 Å². The molecule has 1 saturated carbocycles. The van der Waals surface area contributed by atoms with Crippen LogP contribution >= 0.6 is 0 Å². The predicted molar refractivity (Wildman–Crippen MR) is 117 cm³/mol. The summed E-state index contributed by atoms with van der Waals surface area (Å²) in [4.78, 5) is 29.4. The van der Waals surface area contributed by atoms with Crippen molar-refractivity contribution >= 4 is 22.6 Å². The van der Waals surface area contributed by atoms with Gasteiger partial charge in [-0.3, -0.25) is 18.9 Å². The third-order valence-corrected chi connectivity index (χ3v) is 5.40. The second kappa shape index (κ2) is 7.15. The van der Waals surface area contributed by atoms with Gasteiger partial charge in [-0.2, -0.15) is 0 Å². The Morgan fingerprint density at radius 2 is 1.80 bits per heavy atom. The van der Waals surface area contributed by atoms with Gasteiger partial charge in [0, 0.05) is 11.9 Å². The first-order valence-corrected chi connectivity index (χ1v) is 9.87. The largest absolute Gasteiger partial charge is 0.338 e. The molecular weight excluding hydrogens is 376 g/mol. The fourth-order valence-corrected chi connectivity index (χ4v) is 3.77. The van der Waals surface area contributed by atoms with Crippen LogP contribution in [0.1, 0.15) is 24.3 Å². The lowest BCUT2D eigenvalue weighted by molar-refractivity contribution is -0.111. The molecule has 6 nitrogen and oxygen atoms in total. The molecule has 0 spiro atoms. The summed E-state index contributed by atoms with van der Waals surface area (Å²) >= 11 is 0. The van der Waals surface area contributed by atoms with Crippen LogP contribution < -0.4 is 11.0 Å². The lowest BCUT2D eigenvalue weighted by Crippen LogP contribution is -2.22. The molecule has 0 unspecified atom stereocenters. The highest BCUT2D eigenvalue weighted by molar-refractivity contribution is 5.99. The average molecular weight is 396 g/mol. The molecule has 0 aliphatic heterocycles. The number of pyridine rings is 1. The molecule has 1 aliphatic rings. The van der Waals surface area contributed by atoms with Gasteiger partial charge in [-0.25, -0.2) is 4.79 Å². The summed E-state index contributed by atoms with van der Waals surface area (Å²) in [5.41, 5.74) is 4.65. The zero-order valence-electron chi connectivity index (χ0n) is 16.3. The molecule has 1 fully saturated rings. The van der Waals surface area contributed by atoms with Crippen molar-refractivity contribution in [3.8, 4) is 11.4 Å². The second-order valence-corrected chi connectivity index (χ2v) is 7.43. The van der Waals surface area contributed by atoms with E-state index in [1.807, 2.05) is 24.3 Å². The average Bonchev–Trinajstić information content (AvgIpc) is 3.57. The fraction of sp³-hybridized carbons (Fsp3) is 0.125. The highest BCUT2D eigenvalue weighted by Crippen LogP contribution is 2.40. The van der Waals surface area contributed by atoms with Gasteiger partial charge in [0.25, 0.3) is 0 Å². The van der Waals surface area contributed by atoms with Crippen LogP contribution in [0.15, 0.2) is 84.4 Å². The molecular formula is C24H20N4O2. The normalized spacial score (nSPS) is 13.3. The number of benzene rings is 2. The van der Waals surface area contributed by atoms with Crippen molar-refractivity contribution in [2.45, 2.75) is 18.8 Å². The molecule has 0 bridgehead atoms. The van der Waals surface area contributed by atoms with Crippen LogP contribution in [-0.2, 0) is 4.79 Å². The number of imidazole rings is 1. The number of nitrogens with zero attached hydrogens (tertiary/aromatic N) is 3. The van der Waals surface area contributed by atoms with Gasteiger partial charge < -0.3 is 5.32 Å². The molecule has 2 heterocycles. The quantitative estimate of drug-likeness (QED) is 0.515. The van der Waals surface area contributed by atoms with E-state index in [0.29, 0.717) is 17.3 Å². The van der Waals surface area contributed by atoms with Gasteiger partial charge in [-0.05, 0) is 66.8 Å². The SMILES string of the molecule is C=CC(=O)Nc1cccc(-n2c(=O)n(-c3ccc(C4CC4)cc3)c3cnccc32)c1.